The van der Waals surface area contributed by atoms with E-state index in [9.17, 15) is 8.42 Å². The molecule has 2 rings (SSSR count). The molecule has 0 bridgehead atoms. The largest absolute Gasteiger partial charge is 0.267 e. The molecule has 20 heavy (non-hydrogen) atoms. The van der Waals surface area contributed by atoms with Crippen LogP contribution in [0.3, 0.4) is 0 Å². The van der Waals surface area contributed by atoms with Gasteiger partial charge in [-0.25, -0.2) is 13.4 Å². The summed E-state index contributed by atoms with van der Waals surface area (Å²) in [7, 11) is -3.78. The average molecular weight is 377 g/mol. The predicted molar refractivity (Wildman–Crippen MR) is 81.4 cm³/mol. The van der Waals surface area contributed by atoms with Gasteiger partial charge in [-0.3, -0.25) is 9.29 Å². The lowest BCUT2D eigenvalue weighted by atomic mass is 10.4. The number of sulfonamides is 1. The molecule has 0 unspecified atom stereocenters. The van der Waals surface area contributed by atoms with Gasteiger partial charge in [0.25, 0.3) is 10.0 Å². The van der Waals surface area contributed by atoms with Gasteiger partial charge < -0.3 is 0 Å². The molecule has 0 spiro atoms. The first-order chi connectivity index (χ1) is 9.46. The fourth-order valence-corrected chi connectivity index (χ4v) is 4.10. The van der Waals surface area contributed by atoms with Crippen LogP contribution < -0.4 is 4.31 Å². The van der Waals surface area contributed by atoms with Crippen LogP contribution in [0.15, 0.2) is 46.2 Å². The fourth-order valence-electron chi connectivity index (χ4n) is 1.71. The highest BCUT2D eigenvalue weighted by atomic mass is 79.9. The van der Waals surface area contributed by atoms with Gasteiger partial charge in [-0.2, -0.15) is 0 Å². The third kappa shape index (κ3) is 2.94. The Bertz CT molecular complexity index is 710. The molecule has 0 aliphatic carbocycles. The van der Waals surface area contributed by atoms with Crippen molar-refractivity contribution in [3.8, 4) is 0 Å². The summed E-state index contributed by atoms with van der Waals surface area (Å²) in [6.45, 7) is 2.02. The second-order valence-electron chi connectivity index (χ2n) is 3.82. The van der Waals surface area contributed by atoms with Crippen molar-refractivity contribution in [1.29, 1.82) is 0 Å². The fraction of sp³-hybridized carbons (Fsp3) is 0.167. The first-order valence-electron chi connectivity index (χ1n) is 5.70. The molecular weight excluding hydrogens is 366 g/mol. The molecule has 0 amide bonds. The summed E-state index contributed by atoms with van der Waals surface area (Å²) in [4.78, 5) is 7.70. The molecule has 5 nitrogen and oxygen atoms in total. The monoisotopic (exact) mass is 375 g/mol. The highest BCUT2D eigenvalue weighted by molar-refractivity contribution is 9.10. The van der Waals surface area contributed by atoms with Gasteiger partial charge in [0.2, 0.25) is 0 Å². The Labute approximate surface area is 130 Å². The molecule has 0 saturated heterocycles. The van der Waals surface area contributed by atoms with E-state index in [1.54, 1.807) is 19.1 Å². The van der Waals surface area contributed by atoms with Crippen molar-refractivity contribution in [1.82, 2.24) is 9.97 Å². The average Bonchev–Trinajstić information content (AvgIpc) is 2.43. The van der Waals surface area contributed by atoms with Crippen molar-refractivity contribution in [3.05, 3.63) is 46.4 Å². The van der Waals surface area contributed by atoms with E-state index >= 15 is 0 Å². The van der Waals surface area contributed by atoms with Gasteiger partial charge in [0.1, 0.15) is 10.0 Å². The minimum atomic E-state index is -3.78. The van der Waals surface area contributed by atoms with E-state index in [0.717, 1.165) is 0 Å². The van der Waals surface area contributed by atoms with E-state index in [0.29, 0.717) is 10.2 Å². The standard InChI is InChI=1S/C12H11BrClN3O2S/c1-2-17(10-3-5-15-6-4-10)20(18,19)11-7-9(13)8-16-12(11)14/h3-8H,2H2,1H3. The molecule has 0 N–H and O–H groups in total. The molecule has 0 aromatic carbocycles. The van der Waals surface area contributed by atoms with E-state index in [-0.39, 0.29) is 16.6 Å². The Morgan fingerprint density at radius 1 is 1.35 bits per heavy atom. The van der Waals surface area contributed by atoms with E-state index < -0.39 is 10.0 Å². The minimum absolute atomic E-state index is 0.0350. The lowest BCUT2D eigenvalue weighted by Gasteiger charge is -2.23. The summed E-state index contributed by atoms with van der Waals surface area (Å²) in [5.41, 5.74) is 0.526. The van der Waals surface area contributed by atoms with Crippen LogP contribution in [0.2, 0.25) is 5.15 Å². The molecule has 0 saturated carbocycles. The van der Waals surface area contributed by atoms with Crippen LogP contribution in [0.1, 0.15) is 6.92 Å². The van der Waals surface area contributed by atoms with Crippen molar-refractivity contribution < 1.29 is 8.42 Å². The zero-order valence-electron chi connectivity index (χ0n) is 10.5. The molecular formula is C12H11BrClN3O2S. The van der Waals surface area contributed by atoms with E-state index in [1.807, 2.05) is 0 Å². The number of pyridine rings is 2. The summed E-state index contributed by atoms with van der Waals surface area (Å²) in [6, 6.07) is 4.69. The molecule has 106 valence electrons. The molecule has 0 fully saturated rings. The Morgan fingerprint density at radius 3 is 2.60 bits per heavy atom. The number of nitrogens with zero attached hydrogens (tertiary/aromatic N) is 3. The maximum atomic E-state index is 12.7. The Morgan fingerprint density at radius 2 is 2.00 bits per heavy atom. The van der Waals surface area contributed by atoms with Crippen molar-refractivity contribution >= 4 is 43.2 Å². The second kappa shape index (κ2) is 6.07. The zero-order chi connectivity index (χ0) is 14.8. The molecule has 0 atom stereocenters. The topological polar surface area (TPSA) is 63.2 Å². The van der Waals surface area contributed by atoms with Gasteiger partial charge in [-0.1, -0.05) is 11.6 Å². The van der Waals surface area contributed by atoms with Crippen molar-refractivity contribution in [2.24, 2.45) is 0 Å². The van der Waals surface area contributed by atoms with Gasteiger partial charge in [-0.15, -0.1) is 0 Å². The quantitative estimate of drug-likeness (QED) is 0.769. The maximum absolute atomic E-state index is 12.7. The van der Waals surface area contributed by atoms with Gasteiger partial charge >= 0.3 is 0 Å². The smallest absolute Gasteiger partial charge is 0.266 e. The molecule has 2 heterocycles. The summed E-state index contributed by atoms with van der Waals surface area (Å²) >= 11 is 9.12. The van der Waals surface area contributed by atoms with Gasteiger partial charge in [0.15, 0.2) is 0 Å². The summed E-state index contributed by atoms with van der Waals surface area (Å²) in [5, 5.41) is -0.0549. The maximum Gasteiger partial charge on any atom is 0.267 e. The minimum Gasteiger partial charge on any atom is -0.266 e. The summed E-state index contributed by atoms with van der Waals surface area (Å²) < 4.78 is 27.2. The number of rotatable bonds is 4. The number of anilines is 1. The highest BCUT2D eigenvalue weighted by Crippen LogP contribution is 2.28. The first-order valence-corrected chi connectivity index (χ1v) is 8.31. The van der Waals surface area contributed by atoms with Crippen LogP contribution in [-0.4, -0.2) is 24.9 Å². The first kappa shape index (κ1) is 15.2. The Balaban J connectivity index is 2.56. The lowest BCUT2D eigenvalue weighted by molar-refractivity contribution is 0.591. The highest BCUT2D eigenvalue weighted by Gasteiger charge is 2.27. The van der Waals surface area contributed by atoms with Gasteiger partial charge in [0, 0.05) is 29.6 Å². The lowest BCUT2D eigenvalue weighted by Crippen LogP contribution is -2.31. The molecule has 2 aromatic rings. The third-order valence-electron chi connectivity index (χ3n) is 2.58. The number of hydrogen-bond acceptors (Lipinski definition) is 4. The normalized spacial score (nSPS) is 11.3. The third-order valence-corrected chi connectivity index (χ3v) is 5.34. The number of hydrogen-bond donors (Lipinski definition) is 0. The SMILES string of the molecule is CCN(c1ccncc1)S(=O)(=O)c1cc(Br)cnc1Cl. The van der Waals surface area contributed by atoms with Crippen molar-refractivity contribution in [3.63, 3.8) is 0 Å². The van der Waals surface area contributed by atoms with Crippen molar-refractivity contribution in [2.45, 2.75) is 11.8 Å². The van der Waals surface area contributed by atoms with E-state index in [2.05, 4.69) is 25.9 Å². The van der Waals surface area contributed by atoms with Crippen LogP contribution in [0.5, 0.6) is 0 Å². The summed E-state index contributed by atoms with van der Waals surface area (Å²) in [5.74, 6) is 0. The molecule has 2 aromatic heterocycles. The molecule has 8 heteroatoms. The molecule has 0 radical (unpaired) electrons. The van der Waals surface area contributed by atoms with Gasteiger partial charge in [0.05, 0.1) is 5.69 Å². The van der Waals surface area contributed by atoms with Crippen LogP contribution in [0, 0.1) is 0 Å². The number of halogens is 2. The predicted octanol–water partition coefficient (Wildman–Crippen LogP) is 3.11. The van der Waals surface area contributed by atoms with Gasteiger partial charge in [-0.05, 0) is 41.1 Å². The van der Waals surface area contributed by atoms with Crippen LogP contribution in [0.25, 0.3) is 0 Å². The Hall–Kier alpha value is -1.18. The van der Waals surface area contributed by atoms with Crippen molar-refractivity contribution in [2.75, 3.05) is 10.8 Å². The Kier molecular flexibility index (Phi) is 4.62. The van der Waals surface area contributed by atoms with E-state index in [4.69, 9.17) is 11.6 Å². The van der Waals surface area contributed by atoms with Crippen LogP contribution >= 0.6 is 27.5 Å². The van der Waals surface area contributed by atoms with Crippen LogP contribution in [0.4, 0.5) is 5.69 Å². The molecule has 0 aliphatic heterocycles. The second-order valence-corrected chi connectivity index (χ2v) is 6.92. The zero-order valence-corrected chi connectivity index (χ0v) is 13.7. The van der Waals surface area contributed by atoms with E-state index in [1.165, 1.54) is 29.0 Å². The summed E-state index contributed by atoms with van der Waals surface area (Å²) in [6.07, 6.45) is 4.52. The van der Waals surface area contributed by atoms with Crippen LogP contribution in [-0.2, 0) is 10.0 Å². The number of aromatic nitrogens is 2. The molecule has 0 aliphatic rings.